The second-order valence-corrected chi connectivity index (χ2v) is 8.25. The molecule has 2 aromatic carbocycles. The molecule has 29 heavy (non-hydrogen) atoms. The molecule has 0 spiro atoms. The van der Waals surface area contributed by atoms with E-state index in [-0.39, 0.29) is 19.1 Å². The predicted octanol–water partition coefficient (Wildman–Crippen LogP) is 5.73. The molecule has 0 aliphatic heterocycles. The molecule has 3 nitrogen and oxygen atoms in total. The molecule has 2 aromatic rings. The van der Waals surface area contributed by atoms with Gasteiger partial charge < -0.3 is 10.2 Å². The van der Waals surface area contributed by atoms with Crippen LogP contribution in [0, 0.1) is 5.82 Å². The van der Waals surface area contributed by atoms with Crippen LogP contribution in [0.5, 0.6) is 0 Å². The lowest BCUT2D eigenvalue weighted by atomic mass is 9.96. The summed E-state index contributed by atoms with van der Waals surface area (Å²) in [4.78, 5) is 14.0. The first-order chi connectivity index (χ1) is 13.9. The molecule has 1 amide bonds. The van der Waals surface area contributed by atoms with Gasteiger partial charge in [0.25, 0.3) is 5.91 Å². The van der Waals surface area contributed by atoms with Crippen LogP contribution >= 0.6 is 0 Å². The molecule has 0 aromatic heterocycles. The number of carbonyl (C=O) groups excluding carboxylic acids is 1. The maximum atomic E-state index is 14.7. The Morgan fingerprint density at radius 1 is 1.21 bits per heavy atom. The van der Waals surface area contributed by atoms with E-state index in [0.29, 0.717) is 17.6 Å². The molecular weight excluding hydrogens is 363 g/mol. The van der Waals surface area contributed by atoms with Crippen LogP contribution in [0.1, 0.15) is 63.1 Å². The second kappa shape index (κ2) is 9.36. The van der Waals surface area contributed by atoms with E-state index in [1.54, 1.807) is 13.1 Å². The molecule has 0 heterocycles. The van der Waals surface area contributed by atoms with Crippen molar-refractivity contribution >= 4 is 17.7 Å². The van der Waals surface area contributed by atoms with Gasteiger partial charge in [-0.1, -0.05) is 44.2 Å². The fraction of sp³-hybridized carbons (Fsp3) is 0.400. The molecule has 1 N–H and O–H groups in total. The SMILES string of the molecule is CNC1CCC(c2ccc(N(C)C(=O)/C=C/c3ccc(C(C)C)cc3)cc2F)C1.[HH]. The number of anilines is 1. The number of amides is 1. The average molecular weight is 397 g/mol. The minimum absolute atomic E-state index is 0. The third-order valence-electron chi connectivity index (χ3n) is 6.00. The maximum Gasteiger partial charge on any atom is 0.250 e. The Balaban J connectivity index is 0.00000320. The molecule has 2 atom stereocenters. The summed E-state index contributed by atoms with van der Waals surface area (Å²) in [6.45, 7) is 4.30. The number of halogens is 1. The van der Waals surface area contributed by atoms with Gasteiger partial charge in [0.05, 0.1) is 0 Å². The Kier molecular flexibility index (Phi) is 6.86. The predicted molar refractivity (Wildman–Crippen MR) is 121 cm³/mol. The highest BCUT2D eigenvalue weighted by molar-refractivity contribution is 6.03. The fourth-order valence-corrected chi connectivity index (χ4v) is 3.98. The van der Waals surface area contributed by atoms with Gasteiger partial charge in [-0.05, 0) is 73.0 Å². The number of carbonyl (C=O) groups is 1. The van der Waals surface area contributed by atoms with Crippen LogP contribution in [0.25, 0.3) is 6.08 Å². The number of rotatable bonds is 6. The smallest absolute Gasteiger partial charge is 0.250 e. The minimum Gasteiger partial charge on any atom is -0.317 e. The lowest BCUT2D eigenvalue weighted by molar-refractivity contribution is -0.113. The lowest BCUT2D eigenvalue weighted by Crippen LogP contribution is -2.24. The summed E-state index contributed by atoms with van der Waals surface area (Å²) in [5.74, 6) is 0.321. The first-order valence-corrected chi connectivity index (χ1v) is 10.4. The van der Waals surface area contributed by atoms with Gasteiger partial charge in [0, 0.05) is 26.3 Å². The molecule has 156 valence electrons. The molecule has 1 fully saturated rings. The summed E-state index contributed by atoms with van der Waals surface area (Å²) in [5, 5.41) is 3.28. The number of hydrogen-bond acceptors (Lipinski definition) is 2. The summed E-state index contributed by atoms with van der Waals surface area (Å²) in [6.07, 6.45) is 6.35. The summed E-state index contributed by atoms with van der Waals surface area (Å²) in [7, 11) is 3.63. The molecule has 3 rings (SSSR count). The molecule has 0 radical (unpaired) electrons. The van der Waals surface area contributed by atoms with Crippen molar-refractivity contribution in [3.05, 3.63) is 71.0 Å². The maximum absolute atomic E-state index is 14.7. The molecule has 0 bridgehead atoms. The molecule has 4 heteroatoms. The Morgan fingerprint density at radius 2 is 1.93 bits per heavy atom. The lowest BCUT2D eigenvalue weighted by Gasteiger charge is -2.18. The van der Waals surface area contributed by atoms with Crippen LogP contribution in [0.15, 0.2) is 48.5 Å². The van der Waals surface area contributed by atoms with Crippen LogP contribution in [0.4, 0.5) is 10.1 Å². The van der Waals surface area contributed by atoms with Gasteiger partial charge in [0.1, 0.15) is 5.82 Å². The van der Waals surface area contributed by atoms with Gasteiger partial charge in [0.15, 0.2) is 0 Å². The van der Waals surface area contributed by atoms with Crippen LogP contribution in [0.2, 0.25) is 0 Å². The second-order valence-electron chi connectivity index (χ2n) is 8.25. The number of benzene rings is 2. The van der Waals surface area contributed by atoms with E-state index in [2.05, 4.69) is 31.3 Å². The molecule has 1 aliphatic rings. The molecule has 1 saturated carbocycles. The van der Waals surface area contributed by atoms with Gasteiger partial charge in [0.2, 0.25) is 0 Å². The van der Waals surface area contributed by atoms with Crippen LogP contribution in [0.3, 0.4) is 0 Å². The van der Waals surface area contributed by atoms with Crippen molar-refractivity contribution in [1.29, 1.82) is 0 Å². The van der Waals surface area contributed by atoms with E-state index in [4.69, 9.17) is 0 Å². The third-order valence-corrected chi connectivity index (χ3v) is 6.00. The highest BCUT2D eigenvalue weighted by Gasteiger charge is 2.27. The van der Waals surface area contributed by atoms with Crippen molar-refractivity contribution in [2.75, 3.05) is 19.0 Å². The zero-order valence-corrected chi connectivity index (χ0v) is 17.8. The number of likely N-dealkylation sites (N-methyl/N-ethyl adjacent to an activating group) is 1. The first kappa shape index (κ1) is 21.3. The largest absolute Gasteiger partial charge is 0.317 e. The average Bonchev–Trinajstić information content (AvgIpc) is 3.20. The van der Waals surface area contributed by atoms with Gasteiger partial charge in [-0.25, -0.2) is 4.39 Å². The zero-order valence-electron chi connectivity index (χ0n) is 17.8. The quantitative estimate of drug-likeness (QED) is 0.633. The van der Waals surface area contributed by atoms with Crippen molar-refractivity contribution in [2.24, 2.45) is 0 Å². The molecular formula is C25H33FN2O. The summed E-state index contributed by atoms with van der Waals surface area (Å²) >= 11 is 0. The van der Waals surface area contributed by atoms with Crippen molar-refractivity contribution < 1.29 is 10.6 Å². The number of nitrogens with one attached hydrogen (secondary N) is 1. The monoisotopic (exact) mass is 396 g/mol. The van der Waals surface area contributed by atoms with E-state index in [9.17, 15) is 9.18 Å². The van der Waals surface area contributed by atoms with Gasteiger partial charge in [-0.3, -0.25) is 4.79 Å². The van der Waals surface area contributed by atoms with E-state index in [0.717, 1.165) is 30.4 Å². The first-order valence-electron chi connectivity index (χ1n) is 10.4. The van der Waals surface area contributed by atoms with E-state index < -0.39 is 0 Å². The van der Waals surface area contributed by atoms with Gasteiger partial charge >= 0.3 is 0 Å². The molecule has 0 saturated heterocycles. The topological polar surface area (TPSA) is 32.3 Å². The van der Waals surface area contributed by atoms with E-state index in [1.807, 2.05) is 31.3 Å². The summed E-state index contributed by atoms with van der Waals surface area (Å²) in [6, 6.07) is 13.8. The number of hydrogen-bond donors (Lipinski definition) is 1. The highest BCUT2D eigenvalue weighted by atomic mass is 19.1. The Labute approximate surface area is 175 Å². The van der Waals surface area contributed by atoms with E-state index >= 15 is 0 Å². The molecule has 2 unspecified atom stereocenters. The number of nitrogens with zero attached hydrogens (tertiary/aromatic N) is 1. The summed E-state index contributed by atoms with van der Waals surface area (Å²) in [5.41, 5.74) is 3.56. The van der Waals surface area contributed by atoms with Crippen LogP contribution in [-0.4, -0.2) is 26.0 Å². The fourth-order valence-electron chi connectivity index (χ4n) is 3.98. The third kappa shape index (κ3) is 5.13. The highest BCUT2D eigenvalue weighted by Crippen LogP contribution is 2.36. The van der Waals surface area contributed by atoms with Crippen molar-refractivity contribution in [2.45, 2.75) is 51.0 Å². The molecule has 1 aliphatic carbocycles. The van der Waals surface area contributed by atoms with Crippen molar-refractivity contribution in [3.8, 4) is 0 Å². The standard InChI is InChI=1S/C25H31FN2O.H2/c1-17(2)19-8-5-18(6-9-19)7-14-25(29)28(4)22-12-13-23(24(26)16-22)20-10-11-21(15-20)27-3;/h5-9,12-14,16-17,20-21,27H,10-11,15H2,1-4H3;1H/b14-7+;. The van der Waals surface area contributed by atoms with Gasteiger partial charge in [-0.2, -0.15) is 0 Å². The van der Waals surface area contributed by atoms with Crippen LogP contribution < -0.4 is 10.2 Å². The Morgan fingerprint density at radius 3 is 2.52 bits per heavy atom. The van der Waals surface area contributed by atoms with Gasteiger partial charge in [-0.15, -0.1) is 0 Å². The van der Waals surface area contributed by atoms with E-state index in [1.165, 1.54) is 22.6 Å². The summed E-state index contributed by atoms with van der Waals surface area (Å²) < 4.78 is 14.7. The minimum atomic E-state index is -0.225. The Bertz CT molecular complexity index is 879. The van der Waals surface area contributed by atoms with Crippen molar-refractivity contribution in [3.63, 3.8) is 0 Å². The Hall–Kier alpha value is -2.46. The zero-order chi connectivity index (χ0) is 21.0. The van der Waals surface area contributed by atoms with Crippen LogP contribution in [-0.2, 0) is 4.79 Å². The normalized spacial score (nSPS) is 19.2. The van der Waals surface area contributed by atoms with Crippen molar-refractivity contribution in [1.82, 2.24) is 5.32 Å².